The number of fused-ring (bicyclic) bond motifs is 3. The first kappa shape index (κ1) is 17.7. The smallest absolute Gasteiger partial charge is 0.251 e. The van der Waals surface area contributed by atoms with Crippen LogP contribution >= 0.6 is 11.8 Å². The van der Waals surface area contributed by atoms with Crippen molar-refractivity contribution in [1.82, 2.24) is 14.9 Å². The van der Waals surface area contributed by atoms with Crippen LogP contribution in [0.5, 0.6) is 0 Å². The fraction of sp³-hybridized carbons (Fsp3) is 0.500. The van der Waals surface area contributed by atoms with Crippen molar-refractivity contribution in [3.8, 4) is 0 Å². The highest BCUT2D eigenvalue weighted by molar-refractivity contribution is 8.01. The van der Waals surface area contributed by atoms with Crippen LogP contribution in [0, 0.1) is 0 Å². The molecule has 7 nitrogen and oxygen atoms in total. The Kier molecular flexibility index (Phi) is 4.01. The van der Waals surface area contributed by atoms with Crippen LogP contribution in [0.3, 0.4) is 0 Å². The number of hydrogen-bond donors (Lipinski definition) is 0. The molecule has 0 unspecified atom stereocenters. The van der Waals surface area contributed by atoms with Crippen molar-refractivity contribution in [3.05, 3.63) is 24.3 Å². The number of carbonyl (C=O) groups is 2. The number of amides is 2. The summed E-state index contributed by atoms with van der Waals surface area (Å²) in [6.45, 7) is 3.47. The summed E-state index contributed by atoms with van der Waals surface area (Å²) in [6.07, 6.45) is 2.17. The molecule has 1 aromatic carbocycles. The first-order valence-corrected chi connectivity index (χ1v) is 10.7. The van der Waals surface area contributed by atoms with E-state index in [2.05, 4.69) is 11.8 Å². The Bertz CT molecular complexity index is 982. The maximum atomic E-state index is 13.6. The highest BCUT2D eigenvalue weighted by Crippen LogP contribution is 2.48. The van der Waals surface area contributed by atoms with Gasteiger partial charge in [0.1, 0.15) is 6.04 Å². The van der Waals surface area contributed by atoms with Crippen LogP contribution in [-0.4, -0.2) is 63.5 Å². The molecule has 2 saturated heterocycles. The maximum Gasteiger partial charge on any atom is 0.251 e. The van der Waals surface area contributed by atoms with E-state index in [9.17, 15) is 9.59 Å². The third-order valence-corrected chi connectivity index (χ3v) is 7.53. The molecule has 2 atom stereocenters. The van der Waals surface area contributed by atoms with Crippen LogP contribution < -0.4 is 9.80 Å². The van der Waals surface area contributed by atoms with Gasteiger partial charge in [-0.2, -0.15) is 0 Å². The van der Waals surface area contributed by atoms with E-state index in [1.165, 1.54) is 0 Å². The van der Waals surface area contributed by atoms with Gasteiger partial charge < -0.3 is 9.80 Å². The average Bonchev–Trinajstić information content (AvgIpc) is 3.13. The zero-order chi connectivity index (χ0) is 19.5. The third-order valence-electron chi connectivity index (χ3n) is 6.02. The van der Waals surface area contributed by atoms with Gasteiger partial charge in [-0.05, 0) is 31.9 Å². The van der Waals surface area contributed by atoms with Crippen molar-refractivity contribution in [1.29, 1.82) is 0 Å². The molecule has 8 heteroatoms. The van der Waals surface area contributed by atoms with Gasteiger partial charge in [0.15, 0.2) is 11.6 Å². The van der Waals surface area contributed by atoms with Crippen LogP contribution in [0.1, 0.15) is 26.2 Å². The zero-order valence-corrected chi connectivity index (χ0v) is 16.9. The molecule has 2 fully saturated rings. The molecule has 0 saturated carbocycles. The number of carbonyl (C=O) groups excluding carboxylic acids is 2. The minimum atomic E-state index is -0.422. The van der Waals surface area contributed by atoms with Crippen LogP contribution in [0.15, 0.2) is 24.3 Å². The Morgan fingerprint density at radius 3 is 2.64 bits per heavy atom. The highest BCUT2D eigenvalue weighted by Gasteiger charge is 2.54. The lowest BCUT2D eigenvalue weighted by atomic mass is 10.2. The average molecular weight is 398 g/mol. The summed E-state index contributed by atoms with van der Waals surface area (Å²) in [7, 11) is 1.99. The van der Waals surface area contributed by atoms with Crippen molar-refractivity contribution in [2.24, 2.45) is 0 Å². The van der Waals surface area contributed by atoms with Gasteiger partial charge in [0, 0.05) is 32.3 Å². The largest absolute Gasteiger partial charge is 0.357 e. The molecule has 1 aromatic heterocycles. The maximum absolute atomic E-state index is 13.6. The Balaban J connectivity index is 1.57. The summed E-state index contributed by atoms with van der Waals surface area (Å²) < 4.78 is 0. The normalized spacial score (nSPS) is 27.1. The van der Waals surface area contributed by atoms with Gasteiger partial charge in [-0.15, -0.1) is 11.8 Å². The van der Waals surface area contributed by atoms with Gasteiger partial charge in [-0.1, -0.05) is 12.1 Å². The first-order valence-electron chi connectivity index (χ1n) is 9.73. The zero-order valence-electron chi connectivity index (χ0n) is 16.1. The second kappa shape index (κ2) is 6.34. The lowest BCUT2D eigenvalue weighted by Gasteiger charge is -2.32. The molecule has 0 aliphatic carbocycles. The van der Waals surface area contributed by atoms with E-state index < -0.39 is 6.04 Å². The van der Waals surface area contributed by atoms with Crippen molar-refractivity contribution in [2.45, 2.75) is 37.1 Å². The van der Waals surface area contributed by atoms with Gasteiger partial charge in [0.2, 0.25) is 5.91 Å². The van der Waals surface area contributed by atoms with Crippen LogP contribution in [0.2, 0.25) is 0 Å². The third kappa shape index (κ3) is 2.57. The Labute approximate surface area is 168 Å². The molecular weight excluding hydrogens is 374 g/mol. The number of benzene rings is 1. The molecule has 0 spiro atoms. The van der Waals surface area contributed by atoms with Crippen molar-refractivity contribution in [2.75, 3.05) is 35.7 Å². The van der Waals surface area contributed by atoms with E-state index in [1.54, 1.807) is 16.7 Å². The predicted molar refractivity (Wildman–Crippen MR) is 111 cm³/mol. The van der Waals surface area contributed by atoms with Crippen LogP contribution in [0.4, 0.5) is 11.6 Å². The summed E-state index contributed by atoms with van der Waals surface area (Å²) in [5, 5.41) is 0. The Morgan fingerprint density at radius 1 is 1.18 bits per heavy atom. The number of nitrogens with zero attached hydrogens (tertiary/aromatic N) is 5. The molecule has 0 radical (unpaired) electrons. The van der Waals surface area contributed by atoms with Gasteiger partial charge in [0.25, 0.3) is 5.91 Å². The molecule has 3 aliphatic rings. The first-order chi connectivity index (χ1) is 13.5. The SMILES string of the molecule is CN1CCCN(C(=O)[C@H]2CS[C@]3(C)CCC(=O)N23)c2nc3ccccc3nc21. The lowest BCUT2D eigenvalue weighted by molar-refractivity contribution is -0.136. The van der Waals surface area contributed by atoms with Crippen LogP contribution in [0.25, 0.3) is 11.0 Å². The van der Waals surface area contributed by atoms with Gasteiger partial charge >= 0.3 is 0 Å². The number of hydrogen-bond acceptors (Lipinski definition) is 6. The van der Waals surface area contributed by atoms with Crippen LogP contribution in [-0.2, 0) is 9.59 Å². The number of thioether (sulfide) groups is 1. The molecule has 5 rings (SSSR count). The Morgan fingerprint density at radius 2 is 1.89 bits per heavy atom. The Hall–Kier alpha value is -2.35. The van der Waals surface area contributed by atoms with Crippen molar-refractivity contribution >= 4 is 46.2 Å². The number of rotatable bonds is 1. The molecule has 0 N–H and O–H groups in total. The molecule has 146 valence electrons. The molecule has 3 aliphatic heterocycles. The molecule has 4 heterocycles. The highest BCUT2D eigenvalue weighted by atomic mass is 32.2. The van der Waals surface area contributed by atoms with Gasteiger partial charge in [0.05, 0.1) is 15.9 Å². The fourth-order valence-electron chi connectivity index (χ4n) is 4.49. The molecular formula is C20H23N5O2S. The lowest BCUT2D eigenvalue weighted by Crippen LogP contribution is -2.51. The number of para-hydroxylation sites is 2. The summed E-state index contributed by atoms with van der Waals surface area (Å²) in [6, 6.07) is 7.31. The number of aromatic nitrogens is 2. The molecule has 28 heavy (non-hydrogen) atoms. The van der Waals surface area contributed by atoms with E-state index in [4.69, 9.17) is 9.97 Å². The van der Waals surface area contributed by atoms with Gasteiger partial charge in [-0.25, -0.2) is 9.97 Å². The second-order valence-corrected chi connectivity index (χ2v) is 9.39. The molecule has 2 aromatic rings. The minimum Gasteiger partial charge on any atom is -0.357 e. The second-order valence-electron chi connectivity index (χ2n) is 7.89. The number of anilines is 2. The fourth-order valence-corrected chi connectivity index (χ4v) is 5.92. The van der Waals surface area contributed by atoms with E-state index >= 15 is 0 Å². The minimum absolute atomic E-state index is 0.0346. The summed E-state index contributed by atoms with van der Waals surface area (Å²) >= 11 is 1.72. The van der Waals surface area contributed by atoms with E-state index in [-0.39, 0.29) is 16.7 Å². The summed E-state index contributed by atoms with van der Waals surface area (Å²) in [5.74, 6) is 2.03. The summed E-state index contributed by atoms with van der Waals surface area (Å²) in [4.78, 5) is 41.1. The topological polar surface area (TPSA) is 69.6 Å². The van der Waals surface area contributed by atoms with E-state index in [0.29, 0.717) is 24.5 Å². The van der Waals surface area contributed by atoms with Crippen molar-refractivity contribution in [3.63, 3.8) is 0 Å². The summed E-state index contributed by atoms with van der Waals surface area (Å²) in [5.41, 5.74) is 1.60. The molecule has 0 bridgehead atoms. The van der Waals surface area contributed by atoms with Gasteiger partial charge in [-0.3, -0.25) is 14.5 Å². The van der Waals surface area contributed by atoms with Crippen molar-refractivity contribution < 1.29 is 9.59 Å². The van der Waals surface area contributed by atoms with E-state index in [1.807, 2.05) is 36.2 Å². The monoisotopic (exact) mass is 397 g/mol. The molecule has 2 amide bonds. The standard InChI is InChI=1S/C20H23N5O2S/c1-20-9-8-16(26)25(20)15(12-28-20)19(27)24-11-5-10-23(2)17-18(24)22-14-7-4-3-6-13(14)21-17/h3-4,6-7,15H,5,8-12H2,1-2H3/t15-,20-/m1/s1. The quantitative estimate of drug-likeness (QED) is 0.735. The predicted octanol–water partition coefficient (Wildman–Crippen LogP) is 2.26. The van der Waals surface area contributed by atoms with E-state index in [0.717, 1.165) is 36.2 Å².